The number of aryl methyl sites for hydroxylation is 1. The summed E-state index contributed by atoms with van der Waals surface area (Å²) >= 11 is 0. The lowest BCUT2D eigenvalue weighted by Crippen LogP contribution is -2.37. The molecule has 0 aromatic carbocycles. The highest BCUT2D eigenvalue weighted by atomic mass is 16.3. The van der Waals surface area contributed by atoms with Crippen LogP contribution >= 0.6 is 0 Å². The molecule has 1 atom stereocenters. The first-order valence-electron chi connectivity index (χ1n) is 7.08. The van der Waals surface area contributed by atoms with E-state index >= 15 is 0 Å². The van der Waals surface area contributed by atoms with Crippen molar-refractivity contribution < 1.29 is 9.90 Å². The number of nitrogens with one attached hydrogen (secondary N) is 1. The van der Waals surface area contributed by atoms with Crippen LogP contribution in [0.15, 0.2) is 24.4 Å². The number of nitrogens with zero attached hydrogens (tertiary/aromatic N) is 2. The Hall–Kier alpha value is -1.88. The van der Waals surface area contributed by atoms with E-state index in [-0.39, 0.29) is 18.6 Å². The fraction of sp³-hybridized carbons (Fsp3) is 0.467. The first kappa shape index (κ1) is 14.5. The van der Waals surface area contributed by atoms with E-state index in [4.69, 9.17) is 0 Å². The molecule has 0 saturated heterocycles. The van der Waals surface area contributed by atoms with E-state index in [9.17, 15) is 9.90 Å². The number of amides is 1. The van der Waals surface area contributed by atoms with Crippen molar-refractivity contribution in [2.75, 3.05) is 6.61 Å². The van der Waals surface area contributed by atoms with E-state index in [1.165, 1.54) is 0 Å². The largest absolute Gasteiger partial charge is 0.394 e. The van der Waals surface area contributed by atoms with Gasteiger partial charge in [0, 0.05) is 6.20 Å². The summed E-state index contributed by atoms with van der Waals surface area (Å²) in [7, 11) is 0. The van der Waals surface area contributed by atoms with E-state index in [1.54, 1.807) is 0 Å². The van der Waals surface area contributed by atoms with Gasteiger partial charge in [-0.15, -0.1) is 0 Å². The second kappa shape index (κ2) is 6.52. The van der Waals surface area contributed by atoms with E-state index in [2.05, 4.69) is 17.2 Å². The van der Waals surface area contributed by atoms with Gasteiger partial charge in [-0.2, -0.15) is 0 Å². The Labute approximate surface area is 118 Å². The number of aliphatic hydroxyl groups is 1. The molecule has 2 N–H and O–H groups in total. The molecule has 0 aliphatic heterocycles. The summed E-state index contributed by atoms with van der Waals surface area (Å²) in [6.07, 6.45) is 4.24. The SMILES string of the molecule is CCCc1nc2ccccn2c1C(=O)NC(CC)CO. The van der Waals surface area contributed by atoms with Gasteiger partial charge >= 0.3 is 0 Å². The lowest BCUT2D eigenvalue weighted by molar-refractivity contribution is 0.0908. The van der Waals surface area contributed by atoms with E-state index < -0.39 is 0 Å². The fourth-order valence-corrected chi connectivity index (χ4v) is 2.23. The molecule has 0 aliphatic rings. The number of carbonyl (C=O) groups excluding carboxylic acids is 1. The van der Waals surface area contributed by atoms with Crippen molar-refractivity contribution in [1.82, 2.24) is 14.7 Å². The first-order valence-corrected chi connectivity index (χ1v) is 7.08. The second-order valence-electron chi connectivity index (χ2n) is 4.85. The lowest BCUT2D eigenvalue weighted by atomic mass is 10.2. The molecular weight excluding hydrogens is 254 g/mol. The minimum atomic E-state index is -0.216. The summed E-state index contributed by atoms with van der Waals surface area (Å²) in [5, 5.41) is 12.1. The van der Waals surface area contributed by atoms with Crippen LogP contribution in [0.3, 0.4) is 0 Å². The predicted octanol–water partition coefficient (Wildman–Crippen LogP) is 1.79. The van der Waals surface area contributed by atoms with Gasteiger partial charge in [0.05, 0.1) is 18.3 Å². The Morgan fingerprint density at radius 2 is 2.25 bits per heavy atom. The van der Waals surface area contributed by atoms with E-state index in [0.717, 1.165) is 24.2 Å². The van der Waals surface area contributed by atoms with Crippen LogP contribution in [-0.2, 0) is 6.42 Å². The van der Waals surface area contributed by atoms with Crippen molar-refractivity contribution in [3.05, 3.63) is 35.8 Å². The van der Waals surface area contributed by atoms with Crippen molar-refractivity contribution in [1.29, 1.82) is 0 Å². The third kappa shape index (κ3) is 2.82. The summed E-state index contributed by atoms with van der Waals surface area (Å²) in [6.45, 7) is 3.94. The second-order valence-corrected chi connectivity index (χ2v) is 4.85. The molecule has 0 fully saturated rings. The molecule has 108 valence electrons. The maximum Gasteiger partial charge on any atom is 0.270 e. The van der Waals surface area contributed by atoms with Gasteiger partial charge in [-0.1, -0.05) is 26.3 Å². The molecule has 0 bridgehead atoms. The van der Waals surface area contributed by atoms with E-state index in [1.807, 2.05) is 35.7 Å². The topological polar surface area (TPSA) is 66.6 Å². The van der Waals surface area contributed by atoms with Crippen LogP contribution in [0.4, 0.5) is 0 Å². The smallest absolute Gasteiger partial charge is 0.270 e. The van der Waals surface area contributed by atoms with Crippen molar-refractivity contribution in [2.45, 2.75) is 39.2 Å². The molecule has 2 aromatic rings. The summed E-state index contributed by atoms with van der Waals surface area (Å²) in [6, 6.07) is 5.46. The molecule has 0 saturated carbocycles. The van der Waals surface area contributed by atoms with Gasteiger partial charge in [0.25, 0.3) is 5.91 Å². The summed E-state index contributed by atoms with van der Waals surface area (Å²) in [5.41, 5.74) is 2.16. The van der Waals surface area contributed by atoms with Gasteiger partial charge in [-0.3, -0.25) is 9.20 Å². The molecule has 5 heteroatoms. The first-order chi connectivity index (χ1) is 9.71. The van der Waals surface area contributed by atoms with Crippen molar-refractivity contribution >= 4 is 11.6 Å². The molecule has 0 aliphatic carbocycles. The van der Waals surface area contributed by atoms with Crippen LogP contribution in [0.5, 0.6) is 0 Å². The maximum absolute atomic E-state index is 12.5. The Morgan fingerprint density at radius 3 is 2.90 bits per heavy atom. The van der Waals surface area contributed by atoms with Gasteiger partial charge in [-0.25, -0.2) is 4.98 Å². The zero-order chi connectivity index (χ0) is 14.5. The highest BCUT2D eigenvalue weighted by Crippen LogP contribution is 2.14. The number of pyridine rings is 1. The Kier molecular flexibility index (Phi) is 4.74. The van der Waals surface area contributed by atoms with Crippen LogP contribution in [-0.4, -0.2) is 33.0 Å². The van der Waals surface area contributed by atoms with Crippen LogP contribution in [0, 0.1) is 0 Å². The zero-order valence-electron chi connectivity index (χ0n) is 12.0. The number of fused-ring (bicyclic) bond motifs is 1. The monoisotopic (exact) mass is 275 g/mol. The van der Waals surface area contributed by atoms with Crippen molar-refractivity contribution in [3.8, 4) is 0 Å². The number of hydrogen-bond donors (Lipinski definition) is 2. The van der Waals surface area contributed by atoms with E-state index in [0.29, 0.717) is 12.1 Å². The third-order valence-electron chi connectivity index (χ3n) is 3.35. The molecule has 1 unspecified atom stereocenters. The van der Waals surface area contributed by atoms with Gasteiger partial charge in [0.15, 0.2) is 0 Å². The third-order valence-corrected chi connectivity index (χ3v) is 3.35. The molecule has 1 amide bonds. The average Bonchev–Trinajstić information content (AvgIpc) is 2.83. The molecule has 20 heavy (non-hydrogen) atoms. The quantitative estimate of drug-likeness (QED) is 0.844. The van der Waals surface area contributed by atoms with Crippen molar-refractivity contribution in [2.24, 2.45) is 0 Å². The van der Waals surface area contributed by atoms with Crippen LogP contribution in [0.1, 0.15) is 42.9 Å². The highest BCUT2D eigenvalue weighted by Gasteiger charge is 2.20. The molecule has 2 heterocycles. The van der Waals surface area contributed by atoms with Gasteiger partial charge in [0.2, 0.25) is 0 Å². The number of carbonyl (C=O) groups is 1. The molecule has 0 spiro atoms. The summed E-state index contributed by atoms with van der Waals surface area (Å²) in [4.78, 5) is 17.0. The number of imidazole rings is 1. The van der Waals surface area contributed by atoms with Crippen LogP contribution in [0.2, 0.25) is 0 Å². The molecule has 2 aromatic heterocycles. The van der Waals surface area contributed by atoms with Gasteiger partial charge < -0.3 is 10.4 Å². The Morgan fingerprint density at radius 1 is 1.45 bits per heavy atom. The summed E-state index contributed by atoms with van der Waals surface area (Å²) < 4.78 is 1.81. The van der Waals surface area contributed by atoms with Crippen LogP contribution in [0.25, 0.3) is 5.65 Å². The molecular formula is C15H21N3O2. The Balaban J connectivity index is 2.40. The standard InChI is InChI=1S/C15H21N3O2/c1-3-7-12-14(15(20)16-11(4-2)10-19)18-9-6-5-8-13(18)17-12/h5-6,8-9,11,19H,3-4,7,10H2,1-2H3,(H,16,20). The zero-order valence-corrected chi connectivity index (χ0v) is 12.0. The number of hydrogen-bond acceptors (Lipinski definition) is 3. The minimum Gasteiger partial charge on any atom is -0.394 e. The fourth-order valence-electron chi connectivity index (χ4n) is 2.23. The summed E-state index contributed by atoms with van der Waals surface area (Å²) in [5.74, 6) is -0.173. The van der Waals surface area contributed by atoms with Gasteiger partial charge in [-0.05, 0) is 25.0 Å². The Bertz CT molecular complexity index is 588. The minimum absolute atomic E-state index is 0.0535. The molecule has 0 radical (unpaired) electrons. The average molecular weight is 275 g/mol. The predicted molar refractivity (Wildman–Crippen MR) is 77.8 cm³/mol. The number of aromatic nitrogens is 2. The van der Waals surface area contributed by atoms with Crippen molar-refractivity contribution in [3.63, 3.8) is 0 Å². The van der Waals surface area contributed by atoms with Gasteiger partial charge in [0.1, 0.15) is 11.3 Å². The normalized spacial score (nSPS) is 12.6. The number of aliphatic hydroxyl groups excluding tert-OH is 1. The highest BCUT2D eigenvalue weighted by molar-refractivity contribution is 5.95. The molecule has 2 rings (SSSR count). The number of rotatable bonds is 6. The molecule has 5 nitrogen and oxygen atoms in total. The maximum atomic E-state index is 12.5. The van der Waals surface area contributed by atoms with Crippen LogP contribution < -0.4 is 5.32 Å². The lowest BCUT2D eigenvalue weighted by Gasteiger charge is -2.14.